The monoisotopic (exact) mass is 446 g/mol. The quantitative estimate of drug-likeness (QED) is 0.268. The number of hydrogen-bond donors (Lipinski definition) is 2. The van der Waals surface area contributed by atoms with E-state index in [0.717, 1.165) is 56.4 Å². The molecule has 0 radical (unpaired) electrons. The molecule has 0 saturated carbocycles. The second-order valence-corrected chi connectivity index (χ2v) is 5.25. The van der Waals surface area contributed by atoms with Crippen molar-refractivity contribution in [2.45, 2.75) is 46.2 Å². The van der Waals surface area contributed by atoms with Crippen molar-refractivity contribution in [3.05, 3.63) is 36.3 Å². The van der Waals surface area contributed by atoms with Crippen LogP contribution in [0.3, 0.4) is 0 Å². The van der Waals surface area contributed by atoms with E-state index in [1.54, 1.807) is 12.6 Å². The Kier molecular flexibility index (Phi) is 10.1. The molecule has 0 aliphatic heterocycles. The van der Waals surface area contributed by atoms with Crippen LogP contribution in [-0.2, 0) is 19.5 Å². The van der Waals surface area contributed by atoms with Gasteiger partial charge in [0, 0.05) is 26.1 Å². The fourth-order valence-electron chi connectivity index (χ4n) is 2.15. The van der Waals surface area contributed by atoms with Gasteiger partial charge in [-0.25, -0.2) is 4.99 Å². The third-order valence-electron chi connectivity index (χ3n) is 3.45. The van der Waals surface area contributed by atoms with Gasteiger partial charge in [-0.2, -0.15) is 0 Å². The highest BCUT2D eigenvalue weighted by Crippen LogP contribution is 2.01. The number of aliphatic imine (C=N–C) groups is 1. The predicted molar refractivity (Wildman–Crippen MR) is 106 cm³/mol. The molecule has 0 atom stereocenters. The topological polar surface area (TPSA) is 80.3 Å². The molecule has 0 aromatic carbocycles. The molecule has 0 amide bonds. The first-order valence-corrected chi connectivity index (χ1v) is 8.24. The van der Waals surface area contributed by atoms with Gasteiger partial charge in [0.2, 0.25) is 0 Å². The fraction of sp³-hybridized carbons (Fsp3) is 0.562. The largest absolute Gasteiger partial charge is 0.467 e. The molecular weight excluding hydrogens is 419 g/mol. The zero-order valence-electron chi connectivity index (χ0n) is 14.4. The summed E-state index contributed by atoms with van der Waals surface area (Å²) in [5, 5.41) is 14.7. The smallest absolute Gasteiger partial charge is 0.191 e. The van der Waals surface area contributed by atoms with Gasteiger partial charge >= 0.3 is 0 Å². The normalized spacial score (nSPS) is 11.2. The van der Waals surface area contributed by atoms with E-state index in [9.17, 15) is 0 Å². The van der Waals surface area contributed by atoms with Crippen LogP contribution in [-0.4, -0.2) is 33.8 Å². The van der Waals surface area contributed by atoms with E-state index in [0.29, 0.717) is 6.54 Å². The molecule has 24 heavy (non-hydrogen) atoms. The Morgan fingerprint density at radius 1 is 1.29 bits per heavy atom. The molecule has 0 bridgehead atoms. The summed E-state index contributed by atoms with van der Waals surface area (Å²) < 4.78 is 7.38. The van der Waals surface area contributed by atoms with E-state index in [4.69, 9.17) is 4.42 Å². The minimum absolute atomic E-state index is 0. The summed E-state index contributed by atoms with van der Waals surface area (Å²) in [6, 6.07) is 3.80. The summed E-state index contributed by atoms with van der Waals surface area (Å²) in [6.45, 7) is 7.27. The highest BCUT2D eigenvalue weighted by Gasteiger charge is 2.03. The molecule has 8 heteroatoms. The van der Waals surface area contributed by atoms with Crippen molar-refractivity contribution in [3.8, 4) is 0 Å². The van der Waals surface area contributed by atoms with Crippen molar-refractivity contribution in [2.75, 3.05) is 13.1 Å². The third-order valence-corrected chi connectivity index (χ3v) is 3.45. The zero-order chi connectivity index (χ0) is 16.3. The van der Waals surface area contributed by atoms with Crippen molar-refractivity contribution < 1.29 is 4.42 Å². The van der Waals surface area contributed by atoms with Crippen LogP contribution in [0.2, 0.25) is 0 Å². The van der Waals surface area contributed by atoms with Crippen molar-refractivity contribution in [1.29, 1.82) is 0 Å². The van der Waals surface area contributed by atoms with Crippen LogP contribution in [0.1, 0.15) is 38.3 Å². The number of unbranched alkanes of at least 4 members (excludes halogenated alkanes) is 1. The number of rotatable bonds is 9. The first kappa shape index (κ1) is 20.5. The highest BCUT2D eigenvalue weighted by molar-refractivity contribution is 14.0. The lowest BCUT2D eigenvalue weighted by Gasteiger charge is -2.13. The molecule has 2 heterocycles. The summed E-state index contributed by atoms with van der Waals surface area (Å²) in [6.07, 6.45) is 6.59. The van der Waals surface area contributed by atoms with Gasteiger partial charge in [-0.3, -0.25) is 0 Å². The zero-order valence-corrected chi connectivity index (χ0v) is 16.7. The van der Waals surface area contributed by atoms with Gasteiger partial charge in [-0.15, -0.1) is 34.2 Å². The molecular formula is C16H27IN6O. The van der Waals surface area contributed by atoms with E-state index in [1.807, 2.05) is 12.1 Å². The van der Waals surface area contributed by atoms with E-state index < -0.39 is 0 Å². The Balaban J connectivity index is 0.00000288. The van der Waals surface area contributed by atoms with Gasteiger partial charge < -0.3 is 19.6 Å². The molecule has 2 aromatic rings. The lowest BCUT2D eigenvalue weighted by molar-refractivity contribution is 0.511. The lowest BCUT2D eigenvalue weighted by atomic mass is 10.3. The van der Waals surface area contributed by atoms with Crippen molar-refractivity contribution in [3.63, 3.8) is 0 Å². The molecule has 0 aliphatic carbocycles. The Hall–Kier alpha value is -1.58. The Labute approximate surface area is 160 Å². The van der Waals surface area contributed by atoms with Gasteiger partial charge in [-0.05, 0) is 18.6 Å². The summed E-state index contributed by atoms with van der Waals surface area (Å²) >= 11 is 0. The predicted octanol–water partition coefficient (Wildman–Crippen LogP) is 2.59. The fourth-order valence-corrected chi connectivity index (χ4v) is 2.15. The maximum absolute atomic E-state index is 5.32. The minimum atomic E-state index is 0. The maximum atomic E-state index is 5.32. The van der Waals surface area contributed by atoms with Crippen LogP contribution in [0.5, 0.6) is 0 Å². The van der Waals surface area contributed by atoms with Gasteiger partial charge in [0.05, 0.1) is 6.26 Å². The van der Waals surface area contributed by atoms with Crippen molar-refractivity contribution >= 4 is 29.9 Å². The number of furan rings is 1. The van der Waals surface area contributed by atoms with Crippen LogP contribution in [0.4, 0.5) is 0 Å². The first-order valence-electron chi connectivity index (χ1n) is 8.24. The molecule has 0 unspecified atom stereocenters. The number of halogens is 1. The van der Waals surface area contributed by atoms with Crippen molar-refractivity contribution in [1.82, 2.24) is 25.4 Å². The minimum Gasteiger partial charge on any atom is -0.467 e. The number of nitrogens with zero attached hydrogens (tertiary/aromatic N) is 4. The SMILES string of the molecule is CCCCNC(=NCc1ccco1)NCCn1cnnc1CC.I. The maximum Gasteiger partial charge on any atom is 0.191 e. The van der Waals surface area contributed by atoms with E-state index in [1.165, 1.54) is 0 Å². The van der Waals surface area contributed by atoms with Crippen LogP contribution < -0.4 is 10.6 Å². The van der Waals surface area contributed by atoms with Crippen LogP contribution in [0.25, 0.3) is 0 Å². The van der Waals surface area contributed by atoms with Gasteiger partial charge in [0.25, 0.3) is 0 Å². The Morgan fingerprint density at radius 2 is 2.12 bits per heavy atom. The number of aromatic nitrogens is 3. The summed E-state index contributed by atoms with van der Waals surface area (Å²) in [5.74, 6) is 2.66. The van der Waals surface area contributed by atoms with E-state index in [-0.39, 0.29) is 24.0 Å². The van der Waals surface area contributed by atoms with Crippen LogP contribution in [0, 0.1) is 0 Å². The van der Waals surface area contributed by atoms with Crippen LogP contribution >= 0.6 is 24.0 Å². The molecule has 2 rings (SSSR count). The molecule has 134 valence electrons. The number of nitrogens with one attached hydrogen (secondary N) is 2. The molecule has 2 aromatic heterocycles. The second-order valence-electron chi connectivity index (χ2n) is 5.25. The summed E-state index contributed by atoms with van der Waals surface area (Å²) in [4.78, 5) is 4.56. The third kappa shape index (κ3) is 6.90. The summed E-state index contributed by atoms with van der Waals surface area (Å²) in [7, 11) is 0. The Bertz CT molecular complexity index is 581. The summed E-state index contributed by atoms with van der Waals surface area (Å²) in [5.41, 5.74) is 0. The Morgan fingerprint density at radius 3 is 2.83 bits per heavy atom. The molecule has 2 N–H and O–H groups in total. The number of aryl methyl sites for hydroxylation is 1. The van der Waals surface area contributed by atoms with E-state index >= 15 is 0 Å². The molecule has 0 aliphatic rings. The van der Waals surface area contributed by atoms with Crippen molar-refractivity contribution in [2.24, 2.45) is 4.99 Å². The highest BCUT2D eigenvalue weighted by atomic mass is 127. The number of hydrogen-bond acceptors (Lipinski definition) is 4. The lowest BCUT2D eigenvalue weighted by Crippen LogP contribution is -2.39. The average Bonchev–Trinajstić information content (AvgIpc) is 3.23. The first-order chi connectivity index (χ1) is 11.3. The molecule has 0 spiro atoms. The van der Waals surface area contributed by atoms with E-state index in [2.05, 4.69) is 44.2 Å². The number of guanidine groups is 1. The molecule has 0 saturated heterocycles. The molecule has 0 fully saturated rings. The van der Waals surface area contributed by atoms with Crippen LogP contribution in [0.15, 0.2) is 34.1 Å². The second kappa shape index (κ2) is 11.9. The van der Waals surface area contributed by atoms with Gasteiger partial charge in [0.15, 0.2) is 5.96 Å². The standard InChI is InChI=1S/C16H26N6O.HI/c1-3-5-8-17-16(19-12-14-7-6-11-23-14)18-9-10-22-13-20-21-15(22)4-2;/h6-7,11,13H,3-5,8-10,12H2,1-2H3,(H2,17,18,19);1H. The van der Waals surface area contributed by atoms with Gasteiger partial charge in [0.1, 0.15) is 24.5 Å². The average molecular weight is 446 g/mol. The molecule has 7 nitrogen and oxygen atoms in total. The van der Waals surface area contributed by atoms with Gasteiger partial charge in [-0.1, -0.05) is 20.3 Å².